The number of Topliss-reactive ketones (excluding diaryl/α,β-unsaturated/α-hetero) is 1. The molecule has 88 valence electrons. The van der Waals surface area contributed by atoms with Gasteiger partial charge in [0.25, 0.3) is 0 Å². The summed E-state index contributed by atoms with van der Waals surface area (Å²) >= 11 is 0. The van der Waals surface area contributed by atoms with Gasteiger partial charge in [-0.2, -0.15) is 0 Å². The number of aliphatic hydroxyl groups is 1. The fourth-order valence-corrected chi connectivity index (χ4v) is 2.37. The van der Waals surface area contributed by atoms with Crippen molar-refractivity contribution >= 4 is 5.78 Å². The second kappa shape index (κ2) is 6.96. The van der Waals surface area contributed by atoms with Crippen LogP contribution in [-0.2, 0) is 4.79 Å². The smallest absolute Gasteiger partial charge is 0.131 e. The lowest BCUT2D eigenvalue weighted by molar-refractivity contribution is -0.118. The van der Waals surface area contributed by atoms with Crippen LogP contribution in [-0.4, -0.2) is 41.5 Å². The quantitative estimate of drug-likeness (QED) is 0.754. The Kier molecular flexibility index (Phi) is 5.88. The van der Waals surface area contributed by atoms with Crippen LogP contribution in [0.1, 0.15) is 45.4 Å². The highest BCUT2D eigenvalue weighted by Crippen LogP contribution is 2.19. The number of nitrogens with zero attached hydrogens (tertiary/aromatic N) is 1. The lowest BCUT2D eigenvalue weighted by Gasteiger charge is -2.29. The summed E-state index contributed by atoms with van der Waals surface area (Å²) in [6, 6.07) is 0.427. The molecule has 1 heterocycles. The maximum absolute atomic E-state index is 11.2. The standard InChI is InChI=1S/C12H23NO2/c1-11(15)10-12-6-3-2-4-7-13(12)8-5-9-14/h12,14H,2-10H2,1H3. The Hall–Kier alpha value is -0.410. The van der Waals surface area contributed by atoms with Crippen molar-refractivity contribution < 1.29 is 9.90 Å². The highest BCUT2D eigenvalue weighted by molar-refractivity contribution is 5.76. The molecule has 0 bridgehead atoms. The molecule has 1 unspecified atom stereocenters. The van der Waals surface area contributed by atoms with Crippen molar-refractivity contribution in [2.24, 2.45) is 0 Å². The second-order valence-electron chi connectivity index (χ2n) is 4.52. The SMILES string of the molecule is CC(=O)CC1CCCCCN1CCCO. The fraction of sp³-hybridized carbons (Fsp3) is 0.917. The maximum atomic E-state index is 11.2. The van der Waals surface area contributed by atoms with E-state index in [1.54, 1.807) is 6.92 Å². The first-order valence-corrected chi connectivity index (χ1v) is 6.08. The third kappa shape index (κ3) is 4.76. The first kappa shape index (κ1) is 12.7. The Morgan fingerprint density at radius 3 is 2.87 bits per heavy atom. The van der Waals surface area contributed by atoms with Crippen molar-refractivity contribution in [2.75, 3.05) is 19.7 Å². The third-order valence-corrected chi connectivity index (χ3v) is 3.13. The van der Waals surface area contributed by atoms with Crippen LogP contribution in [0, 0.1) is 0 Å². The normalized spacial score (nSPS) is 23.7. The molecule has 1 rings (SSSR count). The number of hydrogen-bond acceptors (Lipinski definition) is 3. The average Bonchev–Trinajstić information content (AvgIpc) is 2.40. The molecule has 0 aromatic heterocycles. The van der Waals surface area contributed by atoms with Gasteiger partial charge in [-0.1, -0.05) is 12.8 Å². The molecule has 0 aliphatic carbocycles. The summed E-state index contributed by atoms with van der Waals surface area (Å²) < 4.78 is 0. The summed E-state index contributed by atoms with van der Waals surface area (Å²) in [5.74, 6) is 0.288. The van der Waals surface area contributed by atoms with Crippen LogP contribution in [0.25, 0.3) is 0 Å². The number of hydrogen-bond donors (Lipinski definition) is 1. The lowest BCUT2D eigenvalue weighted by atomic mass is 10.0. The molecule has 1 atom stereocenters. The van der Waals surface area contributed by atoms with Gasteiger partial charge in [-0.05, 0) is 32.7 Å². The molecule has 0 aromatic carbocycles. The first-order chi connectivity index (χ1) is 7.24. The monoisotopic (exact) mass is 213 g/mol. The van der Waals surface area contributed by atoms with Crippen LogP contribution < -0.4 is 0 Å². The maximum Gasteiger partial charge on any atom is 0.131 e. The van der Waals surface area contributed by atoms with Gasteiger partial charge in [-0.15, -0.1) is 0 Å². The first-order valence-electron chi connectivity index (χ1n) is 6.08. The molecule has 1 fully saturated rings. The van der Waals surface area contributed by atoms with E-state index in [9.17, 15) is 4.79 Å². The predicted octanol–water partition coefficient (Wildman–Crippen LogP) is 1.59. The Morgan fingerprint density at radius 1 is 1.40 bits per heavy atom. The van der Waals surface area contributed by atoms with Crippen LogP contribution in [0.2, 0.25) is 0 Å². The zero-order chi connectivity index (χ0) is 11.1. The van der Waals surface area contributed by atoms with E-state index in [1.165, 1.54) is 19.3 Å². The van der Waals surface area contributed by atoms with Gasteiger partial charge in [0.05, 0.1) is 0 Å². The molecule has 0 radical (unpaired) electrons. The van der Waals surface area contributed by atoms with Crippen molar-refractivity contribution in [3.8, 4) is 0 Å². The average molecular weight is 213 g/mol. The van der Waals surface area contributed by atoms with Crippen LogP contribution in [0.15, 0.2) is 0 Å². The molecule has 1 aliphatic heterocycles. The highest BCUT2D eigenvalue weighted by Gasteiger charge is 2.21. The minimum atomic E-state index is 0.253. The number of aliphatic hydroxyl groups excluding tert-OH is 1. The van der Waals surface area contributed by atoms with Crippen LogP contribution in [0.5, 0.6) is 0 Å². The Bertz CT molecular complexity index is 194. The minimum absolute atomic E-state index is 0.253. The van der Waals surface area contributed by atoms with Gasteiger partial charge in [0.2, 0.25) is 0 Å². The molecule has 0 saturated carbocycles. The van der Waals surface area contributed by atoms with Crippen molar-refractivity contribution in [1.29, 1.82) is 0 Å². The van der Waals surface area contributed by atoms with Gasteiger partial charge in [0.1, 0.15) is 5.78 Å². The molecular formula is C12H23NO2. The zero-order valence-electron chi connectivity index (χ0n) is 9.74. The van der Waals surface area contributed by atoms with Crippen molar-refractivity contribution in [1.82, 2.24) is 4.90 Å². The van der Waals surface area contributed by atoms with E-state index in [2.05, 4.69) is 4.90 Å². The molecule has 1 aliphatic rings. The zero-order valence-corrected chi connectivity index (χ0v) is 9.74. The van der Waals surface area contributed by atoms with E-state index in [0.29, 0.717) is 12.5 Å². The fourth-order valence-electron chi connectivity index (χ4n) is 2.37. The predicted molar refractivity (Wildman–Crippen MR) is 60.8 cm³/mol. The summed E-state index contributed by atoms with van der Waals surface area (Å²) in [6.45, 7) is 3.96. The van der Waals surface area contributed by atoms with E-state index in [-0.39, 0.29) is 12.4 Å². The summed E-state index contributed by atoms with van der Waals surface area (Å²) in [7, 11) is 0. The second-order valence-corrected chi connectivity index (χ2v) is 4.52. The number of carbonyl (C=O) groups excluding carboxylic acids is 1. The van der Waals surface area contributed by atoms with Crippen molar-refractivity contribution in [3.05, 3.63) is 0 Å². The van der Waals surface area contributed by atoms with Crippen LogP contribution >= 0.6 is 0 Å². The van der Waals surface area contributed by atoms with Crippen LogP contribution in [0.3, 0.4) is 0 Å². The summed E-state index contributed by atoms with van der Waals surface area (Å²) in [5.41, 5.74) is 0. The van der Waals surface area contributed by atoms with Crippen molar-refractivity contribution in [3.63, 3.8) is 0 Å². The summed E-state index contributed by atoms with van der Waals surface area (Å²) in [5, 5.41) is 8.84. The molecule has 0 aromatic rings. The van der Waals surface area contributed by atoms with E-state index >= 15 is 0 Å². The molecule has 3 nitrogen and oxygen atoms in total. The van der Waals surface area contributed by atoms with Gasteiger partial charge in [-0.25, -0.2) is 0 Å². The number of likely N-dealkylation sites (tertiary alicyclic amines) is 1. The number of ketones is 1. The summed E-state index contributed by atoms with van der Waals surface area (Å²) in [6.07, 6.45) is 6.42. The minimum Gasteiger partial charge on any atom is -0.396 e. The van der Waals surface area contributed by atoms with Gasteiger partial charge in [-0.3, -0.25) is 9.69 Å². The molecule has 1 N–H and O–H groups in total. The highest BCUT2D eigenvalue weighted by atomic mass is 16.3. The van der Waals surface area contributed by atoms with Gasteiger partial charge in [0.15, 0.2) is 0 Å². The van der Waals surface area contributed by atoms with E-state index in [4.69, 9.17) is 5.11 Å². The largest absolute Gasteiger partial charge is 0.396 e. The number of rotatable bonds is 5. The van der Waals surface area contributed by atoms with Gasteiger partial charge < -0.3 is 5.11 Å². The van der Waals surface area contributed by atoms with Crippen LogP contribution in [0.4, 0.5) is 0 Å². The summed E-state index contributed by atoms with van der Waals surface area (Å²) in [4.78, 5) is 13.6. The number of carbonyl (C=O) groups is 1. The van der Waals surface area contributed by atoms with E-state index in [1.807, 2.05) is 0 Å². The Balaban J connectivity index is 2.46. The Morgan fingerprint density at radius 2 is 2.20 bits per heavy atom. The van der Waals surface area contributed by atoms with E-state index in [0.717, 1.165) is 25.9 Å². The molecule has 0 amide bonds. The molecule has 0 spiro atoms. The van der Waals surface area contributed by atoms with E-state index < -0.39 is 0 Å². The van der Waals surface area contributed by atoms with Gasteiger partial charge >= 0.3 is 0 Å². The molecular weight excluding hydrogens is 190 g/mol. The topological polar surface area (TPSA) is 40.5 Å². The van der Waals surface area contributed by atoms with Crippen molar-refractivity contribution in [2.45, 2.75) is 51.5 Å². The van der Waals surface area contributed by atoms with Gasteiger partial charge in [0, 0.05) is 25.6 Å². The lowest BCUT2D eigenvalue weighted by Crippen LogP contribution is -2.37. The molecule has 1 saturated heterocycles. The Labute approximate surface area is 92.5 Å². The molecule has 3 heteroatoms. The molecule has 15 heavy (non-hydrogen) atoms. The third-order valence-electron chi connectivity index (χ3n) is 3.13.